The summed E-state index contributed by atoms with van der Waals surface area (Å²) >= 11 is 6.05. The zero-order chi connectivity index (χ0) is 22.7. The summed E-state index contributed by atoms with van der Waals surface area (Å²) in [5.74, 6) is 0.174. The van der Waals surface area contributed by atoms with Gasteiger partial charge >= 0.3 is 0 Å². The Morgan fingerprint density at radius 3 is 2.58 bits per heavy atom. The maximum absolute atomic E-state index is 12.8. The first-order valence-corrected chi connectivity index (χ1v) is 10.00. The maximum Gasteiger partial charge on any atom is 0.269 e. The first kappa shape index (κ1) is 22.2. The van der Waals surface area contributed by atoms with E-state index in [0.717, 1.165) is 0 Å². The topological polar surface area (TPSA) is 98.3 Å². The molecule has 8 nitrogen and oxygen atoms in total. The minimum absolute atomic E-state index is 0.0179. The fourth-order valence-corrected chi connectivity index (χ4v) is 3.53. The lowest BCUT2D eigenvalue weighted by Gasteiger charge is -2.27. The number of amides is 1. The summed E-state index contributed by atoms with van der Waals surface area (Å²) < 4.78 is 1.44. The number of carbonyl (C=O) groups is 1. The van der Waals surface area contributed by atoms with Crippen LogP contribution in [-0.4, -0.2) is 31.8 Å². The number of hydrogen-bond donors (Lipinski definition) is 0. The fourth-order valence-electron chi connectivity index (χ4n) is 3.37. The van der Waals surface area contributed by atoms with Crippen LogP contribution in [0, 0.1) is 10.1 Å². The number of nitro benzene ring substituents is 1. The Morgan fingerprint density at radius 2 is 1.97 bits per heavy atom. The van der Waals surface area contributed by atoms with Gasteiger partial charge in [0.2, 0.25) is 5.91 Å². The molecule has 0 fully saturated rings. The number of fused-ring (bicyclic) bond motifs is 1. The largest absolute Gasteiger partial charge is 0.330 e. The minimum Gasteiger partial charge on any atom is -0.330 e. The molecule has 1 amide bonds. The number of halogens is 1. The highest BCUT2D eigenvalue weighted by atomic mass is 35.5. The molecule has 0 bridgehead atoms. The van der Waals surface area contributed by atoms with Gasteiger partial charge in [-0.2, -0.15) is 0 Å². The van der Waals surface area contributed by atoms with Crippen molar-refractivity contribution in [3.05, 3.63) is 85.4 Å². The van der Waals surface area contributed by atoms with Gasteiger partial charge in [0.15, 0.2) is 0 Å². The van der Waals surface area contributed by atoms with Crippen LogP contribution in [-0.2, 0) is 11.8 Å². The smallest absolute Gasteiger partial charge is 0.269 e. The van der Waals surface area contributed by atoms with Crippen LogP contribution in [0.1, 0.15) is 31.3 Å². The number of benzene rings is 2. The molecule has 2 aromatic carbocycles. The van der Waals surface area contributed by atoms with Crippen LogP contribution in [0.15, 0.2) is 53.3 Å². The number of nitro groups is 1. The first-order valence-electron chi connectivity index (χ1n) is 9.62. The van der Waals surface area contributed by atoms with Crippen LogP contribution in [0.3, 0.4) is 0 Å². The molecule has 3 aromatic rings. The maximum atomic E-state index is 12.8. The Labute approximate surface area is 183 Å². The number of aromatic nitrogens is 2. The predicted octanol–water partition coefficient (Wildman–Crippen LogP) is 4.12. The van der Waals surface area contributed by atoms with E-state index in [1.807, 2.05) is 6.92 Å². The molecule has 0 saturated carbocycles. The Balaban J connectivity index is 1.89. The van der Waals surface area contributed by atoms with Gasteiger partial charge in [-0.25, -0.2) is 4.98 Å². The summed E-state index contributed by atoms with van der Waals surface area (Å²) in [4.78, 5) is 42.0. The Kier molecular flexibility index (Phi) is 6.50. The molecule has 0 radical (unpaired) electrons. The normalized spacial score (nSPS) is 12.3. The van der Waals surface area contributed by atoms with Crippen molar-refractivity contribution >= 4 is 40.2 Å². The first-order chi connectivity index (χ1) is 14.7. The number of non-ortho nitro benzene ring substituents is 1. The fraction of sp³-hybridized carbons (Fsp3) is 0.227. The number of nitrogens with zero attached hydrogens (tertiary/aromatic N) is 4. The molecule has 0 saturated heterocycles. The van der Waals surface area contributed by atoms with Crippen LogP contribution in [0.25, 0.3) is 17.0 Å². The van der Waals surface area contributed by atoms with Gasteiger partial charge in [-0.15, -0.1) is 0 Å². The third-order valence-corrected chi connectivity index (χ3v) is 5.30. The van der Waals surface area contributed by atoms with Crippen molar-refractivity contribution in [2.75, 3.05) is 6.54 Å². The van der Waals surface area contributed by atoms with Crippen LogP contribution in [0.5, 0.6) is 0 Å². The third-order valence-electron chi connectivity index (χ3n) is 5.06. The van der Waals surface area contributed by atoms with Gasteiger partial charge in [-0.3, -0.25) is 24.3 Å². The van der Waals surface area contributed by atoms with E-state index < -0.39 is 11.0 Å². The summed E-state index contributed by atoms with van der Waals surface area (Å²) in [6.45, 7) is 4.04. The number of hydrogen-bond acceptors (Lipinski definition) is 5. The van der Waals surface area contributed by atoms with Crippen LogP contribution < -0.4 is 5.56 Å². The number of likely N-dealkylation sites (N-methyl/N-ethyl adjacent to an activating group) is 1. The Hall–Kier alpha value is -3.52. The van der Waals surface area contributed by atoms with Crippen LogP contribution in [0.4, 0.5) is 5.69 Å². The van der Waals surface area contributed by atoms with Crippen molar-refractivity contribution in [1.29, 1.82) is 0 Å². The summed E-state index contributed by atoms with van der Waals surface area (Å²) in [5.41, 5.74) is 0.903. The second-order valence-corrected chi connectivity index (χ2v) is 7.41. The Morgan fingerprint density at radius 1 is 1.29 bits per heavy atom. The van der Waals surface area contributed by atoms with Crippen molar-refractivity contribution in [1.82, 2.24) is 14.5 Å². The molecule has 1 heterocycles. The SMILES string of the molecule is CCN(C(=O)/C=C/c1ccc([N+](=O)[O-])cc1)C(C)c1nc2cc(Cl)ccc2c(=O)n1C. The summed E-state index contributed by atoms with van der Waals surface area (Å²) in [5, 5.41) is 11.7. The molecule has 0 aliphatic heterocycles. The molecular weight excluding hydrogens is 420 g/mol. The summed E-state index contributed by atoms with van der Waals surface area (Å²) in [6, 6.07) is 10.3. The van der Waals surface area contributed by atoms with Crippen molar-refractivity contribution in [2.45, 2.75) is 19.9 Å². The average Bonchev–Trinajstić information content (AvgIpc) is 2.75. The molecule has 31 heavy (non-hydrogen) atoms. The molecular formula is C22H21ClN4O4. The van der Waals surface area contributed by atoms with Gasteiger partial charge in [0, 0.05) is 36.8 Å². The zero-order valence-electron chi connectivity index (χ0n) is 17.3. The summed E-state index contributed by atoms with van der Waals surface area (Å²) in [7, 11) is 1.63. The lowest BCUT2D eigenvalue weighted by molar-refractivity contribution is -0.384. The average molecular weight is 441 g/mol. The molecule has 0 aliphatic carbocycles. The minimum atomic E-state index is -0.479. The van der Waals surface area contributed by atoms with Gasteiger partial charge in [0.1, 0.15) is 5.82 Å². The van der Waals surface area contributed by atoms with Crippen molar-refractivity contribution < 1.29 is 9.72 Å². The number of carbonyl (C=O) groups excluding carboxylic acids is 1. The number of rotatable bonds is 6. The second kappa shape index (κ2) is 9.09. The van der Waals surface area contributed by atoms with E-state index in [9.17, 15) is 19.7 Å². The highest BCUT2D eigenvalue weighted by Gasteiger charge is 2.23. The lowest BCUT2D eigenvalue weighted by Crippen LogP contribution is -2.36. The van der Waals surface area contributed by atoms with Gasteiger partial charge in [-0.05, 0) is 55.8 Å². The molecule has 1 atom stereocenters. The van der Waals surface area contributed by atoms with Crippen molar-refractivity contribution in [3.8, 4) is 0 Å². The van der Waals surface area contributed by atoms with Crippen LogP contribution >= 0.6 is 11.6 Å². The Bertz CT molecular complexity index is 1230. The molecule has 1 aromatic heterocycles. The van der Waals surface area contributed by atoms with E-state index >= 15 is 0 Å². The van der Waals surface area contributed by atoms with Gasteiger partial charge in [0.25, 0.3) is 11.2 Å². The third kappa shape index (κ3) is 4.64. The van der Waals surface area contributed by atoms with Crippen molar-refractivity contribution in [2.24, 2.45) is 7.05 Å². The van der Waals surface area contributed by atoms with Crippen molar-refractivity contribution in [3.63, 3.8) is 0 Å². The van der Waals surface area contributed by atoms with Crippen LogP contribution in [0.2, 0.25) is 5.02 Å². The molecule has 160 valence electrons. The molecule has 1 unspecified atom stereocenters. The monoisotopic (exact) mass is 440 g/mol. The molecule has 9 heteroatoms. The highest BCUT2D eigenvalue weighted by Crippen LogP contribution is 2.22. The highest BCUT2D eigenvalue weighted by molar-refractivity contribution is 6.31. The molecule has 0 spiro atoms. The summed E-state index contributed by atoms with van der Waals surface area (Å²) in [6.07, 6.45) is 2.99. The van der Waals surface area contributed by atoms with E-state index in [1.165, 1.54) is 22.8 Å². The predicted molar refractivity (Wildman–Crippen MR) is 120 cm³/mol. The van der Waals surface area contributed by atoms with E-state index in [0.29, 0.717) is 33.9 Å². The quantitative estimate of drug-likeness (QED) is 0.326. The van der Waals surface area contributed by atoms with Gasteiger partial charge < -0.3 is 4.90 Å². The zero-order valence-corrected chi connectivity index (χ0v) is 18.0. The molecule has 0 N–H and O–H groups in total. The van der Waals surface area contributed by atoms with E-state index in [2.05, 4.69) is 4.98 Å². The standard InChI is InChI=1S/C22H21ClN4O4/c1-4-26(20(28)12-7-15-5-9-17(10-6-15)27(30)31)14(2)21-24-19-13-16(23)8-11-18(19)22(29)25(21)3/h5-14H,4H2,1-3H3/b12-7+. The van der Waals surface area contributed by atoms with E-state index in [4.69, 9.17) is 11.6 Å². The second-order valence-electron chi connectivity index (χ2n) is 6.98. The molecule has 0 aliphatic rings. The van der Waals surface area contributed by atoms with E-state index in [-0.39, 0.29) is 17.2 Å². The molecule has 3 rings (SSSR count). The van der Waals surface area contributed by atoms with Gasteiger partial charge in [0.05, 0.1) is 21.9 Å². The van der Waals surface area contributed by atoms with E-state index in [1.54, 1.807) is 55.3 Å². The lowest BCUT2D eigenvalue weighted by atomic mass is 10.1. The van der Waals surface area contributed by atoms with Gasteiger partial charge in [-0.1, -0.05) is 11.6 Å².